The van der Waals surface area contributed by atoms with Gasteiger partial charge in [-0.05, 0) is 33.1 Å². The predicted octanol–water partition coefficient (Wildman–Crippen LogP) is 1.48. The summed E-state index contributed by atoms with van der Waals surface area (Å²) in [6.45, 7) is 5.40. The molecule has 0 radical (unpaired) electrons. The van der Waals surface area contributed by atoms with Gasteiger partial charge in [0.25, 0.3) is 5.22 Å². The normalized spacial score (nSPS) is 21.0. The third-order valence-electron chi connectivity index (χ3n) is 2.97. The lowest BCUT2D eigenvalue weighted by molar-refractivity contribution is -0.151. The van der Waals surface area contributed by atoms with Gasteiger partial charge in [0.05, 0.1) is 11.5 Å². The van der Waals surface area contributed by atoms with Crippen LogP contribution in [0.3, 0.4) is 0 Å². The number of hydrogen-bond donors (Lipinski definition) is 0. The lowest BCUT2D eigenvalue weighted by atomic mass is 10.1. The van der Waals surface area contributed by atoms with E-state index in [-0.39, 0.29) is 29.1 Å². The molecule has 2 heterocycles. The molecule has 1 fully saturated rings. The summed E-state index contributed by atoms with van der Waals surface area (Å²) in [6, 6.07) is 0. The molecule has 0 saturated carbocycles. The van der Waals surface area contributed by atoms with Crippen LogP contribution in [0.1, 0.15) is 33.1 Å². The maximum atomic E-state index is 11.6. The highest BCUT2D eigenvalue weighted by atomic mass is 32.2. The van der Waals surface area contributed by atoms with Crippen molar-refractivity contribution in [3.05, 3.63) is 5.89 Å². The Morgan fingerprint density at radius 3 is 2.73 bits per heavy atom. The van der Waals surface area contributed by atoms with Crippen molar-refractivity contribution in [2.24, 2.45) is 5.92 Å². The first-order valence-corrected chi connectivity index (χ1v) is 9.81. The van der Waals surface area contributed by atoms with Crippen molar-refractivity contribution in [1.82, 2.24) is 10.2 Å². The molecule has 9 heteroatoms. The van der Waals surface area contributed by atoms with E-state index in [0.29, 0.717) is 24.0 Å². The van der Waals surface area contributed by atoms with Crippen molar-refractivity contribution in [2.45, 2.75) is 44.4 Å². The van der Waals surface area contributed by atoms with Crippen LogP contribution in [-0.2, 0) is 25.8 Å². The second kappa shape index (κ2) is 6.57. The molecule has 0 spiro atoms. The van der Waals surface area contributed by atoms with Gasteiger partial charge < -0.3 is 9.15 Å². The summed E-state index contributed by atoms with van der Waals surface area (Å²) >= 11 is 1.11. The fourth-order valence-corrected chi connectivity index (χ4v) is 4.57. The predicted molar refractivity (Wildman–Crippen MR) is 81.3 cm³/mol. The summed E-state index contributed by atoms with van der Waals surface area (Å²) in [4.78, 5) is 11.6. The summed E-state index contributed by atoms with van der Waals surface area (Å²) in [5.74, 6) is 0.598. The van der Waals surface area contributed by atoms with Gasteiger partial charge in [-0.2, -0.15) is 0 Å². The standard InChI is InChI=1S/C13H20N2O5S2/c1-13(2,3)20-11(16)7-21-12-15-14-10(19-12)6-9-4-5-22(17,18)8-9/h9H,4-8H2,1-3H3. The summed E-state index contributed by atoms with van der Waals surface area (Å²) in [6.07, 6.45) is 1.09. The minimum atomic E-state index is -2.90. The Labute approximate surface area is 134 Å². The van der Waals surface area contributed by atoms with Crippen LogP contribution in [0.2, 0.25) is 0 Å². The number of aromatic nitrogens is 2. The summed E-state index contributed by atoms with van der Waals surface area (Å²) in [5, 5.41) is 8.04. The molecule has 0 aromatic carbocycles. The molecule has 22 heavy (non-hydrogen) atoms. The van der Waals surface area contributed by atoms with E-state index in [1.54, 1.807) is 20.8 Å². The number of esters is 1. The molecule has 0 amide bonds. The van der Waals surface area contributed by atoms with Crippen molar-refractivity contribution in [3.8, 4) is 0 Å². The first-order valence-electron chi connectivity index (χ1n) is 7.00. The van der Waals surface area contributed by atoms with Gasteiger partial charge in [-0.15, -0.1) is 10.2 Å². The van der Waals surface area contributed by atoms with Gasteiger partial charge in [-0.25, -0.2) is 8.42 Å². The molecule has 1 aliphatic heterocycles. The van der Waals surface area contributed by atoms with E-state index in [1.807, 2.05) is 0 Å². The van der Waals surface area contributed by atoms with E-state index in [1.165, 1.54) is 0 Å². The van der Waals surface area contributed by atoms with E-state index in [4.69, 9.17) is 9.15 Å². The Morgan fingerprint density at radius 2 is 2.14 bits per heavy atom. The zero-order valence-corrected chi connectivity index (χ0v) is 14.5. The topological polar surface area (TPSA) is 99.4 Å². The van der Waals surface area contributed by atoms with Gasteiger partial charge in [-0.1, -0.05) is 11.8 Å². The molecule has 1 aromatic rings. The first-order chi connectivity index (χ1) is 10.1. The third-order valence-corrected chi connectivity index (χ3v) is 5.60. The SMILES string of the molecule is CC(C)(C)OC(=O)CSc1nnc(CC2CCS(=O)(=O)C2)o1. The van der Waals surface area contributed by atoms with Crippen LogP contribution in [0.5, 0.6) is 0 Å². The number of hydrogen-bond acceptors (Lipinski definition) is 8. The van der Waals surface area contributed by atoms with E-state index in [9.17, 15) is 13.2 Å². The summed E-state index contributed by atoms with van der Waals surface area (Å²) in [5.41, 5.74) is -0.522. The van der Waals surface area contributed by atoms with Crippen molar-refractivity contribution in [1.29, 1.82) is 0 Å². The van der Waals surface area contributed by atoms with Crippen LogP contribution < -0.4 is 0 Å². The molecule has 2 rings (SSSR count). The number of carbonyl (C=O) groups is 1. The van der Waals surface area contributed by atoms with Crippen LogP contribution >= 0.6 is 11.8 Å². The number of ether oxygens (including phenoxy) is 1. The third kappa shape index (κ3) is 5.60. The molecular formula is C13H20N2O5S2. The van der Waals surface area contributed by atoms with Crippen LogP contribution in [-0.4, -0.2) is 47.4 Å². The summed E-state index contributed by atoms with van der Waals surface area (Å²) in [7, 11) is -2.90. The fraction of sp³-hybridized carbons (Fsp3) is 0.769. The average Bonchev–Trinajstić information content (AvgIpc) is 2.92. The van der Waals surface area contributed by atoms with Gasteiger partial charge >= 0.3 is 5.97 Å². The number of sulfone groups is 1. The minimum absolute atomic E-state index is 0.0363. The lowest BCUT2D eigenvalue weighted by Crippen LogP contribution is -2.24. The largest absolute Gasteiger partial charge is 0.459 e. The Hall–Kier alpha value is -1.09. The number of thioether (sulfide) groups is 1. The lowest BCUT2D eigenvalue weighted by Gasteiger charge is -2.18. The highest BCUT2D eigenvalue weighted by molar-refractivity contribution is 7.99. The molecule has 1 aliphatic rings. The highest BCUT2D eigenvalue weighted by Crippen LogP contribution is 2.24. The Balaban J connectivity index is 1.81. The molecular weight excluding hydrogens is 328 g/mol. The van der Waals surface area contributed by atoms with Crippen molar-refractivity contribution in [2.75, 3.05) is 17.3 Å². The molecule has 124 valence electrons. The van der Waals surface area contributed by atoms with Crippen LogP contribution in [0.15, 0.2) is 9.64 Å². The molecule has 1 unspecified atom stereocenters. The molecule has 0 aliphatic carbocycles. The van der Waals surface area contributed by atoms with E-state index < -0.39 is 15.4 Å². The van der Waals surface area contributed by atoms with Crippen LogP contribution in [0, 0.1) is 5.92 Å². The smallest absolute Gasteiger partial charge is 0.316 e. The monoisotopic (exact) mass is 348 g/mol. The quantitative estimate of drug-likeness (QED) is 0.583. The Kier molecular flexibility index (Phi) is 5.16. The fourth-order valence-electron chi connectivity index (χ4n) is 2.15. The second-order valence-corrected chi connectivity index (χ2v) is 9.47. The van der Waals surface area contributed by atoms with Gasteiger partial charge in [-0.3, -0.25) is 4.79 Å². The van der Waals surface area contributed by atoms with Crippen molar-refractivity contribution in [3.63, 3.8) is 0 Å². The van der Waals surface area contributed by atoms with Gasteiger partial charge in [0.2, 0.25) is 5.89 Å². The van der Waals surface area contributed by atoms with E-state index >= 15 is 0 Å². The molecule has 0 bridgehead atoms. The Morgan fingerprint density at radius 1 is 1.41 bits per heavy atom. The molecule has 1 aromatic heterocycles. The van der Waals surface area contributed by atoms with Gasteiger partial charge in [0, 0.05) is 6.42 Å². The average molecular weight is 348 g/mol. The number of rotatable bonds is 5. The molecule has 1 saturated heterocycles. The Bertz CT molecular complexity index is 633. The van der Waals surface area contributed by atoms with E-state index in [0.717, 1.165) is 11.8 Å². The number of nitrogens with zero attached hydrogens (tertiary/aromatic N) is 2. The minimum Gasteiger partial charge on any atom is -0.459 e. The van der Waals surface area contributed by atoms with E-state index in [2.05, 4.69) is 10.2 Å². The summed E-state index contributed by atoms with van der Waals surface area (Å²) < 4.78 is 33.4. The number of carbonyl (C=O) groups excluding carboxylic acids is 1. The first kappa shape index (κ1) is 17.3. The zero-order valence-electron chi connectivity index (χ0n) is 12.9. The second-order valence-electron chi connectivity index (χ2n) is 6.31. The maximum Gasteiger partial charge on any atom is 0.316 e. The molecule has 1 atom stereocenters. The van der Waals surface area contributed by atoms with Gasteiger partial charge in [0.1, 0.15) is 11.4 Å². The highest BCUT2D eigenvalue weighted by Gasteiger charge is 2.29. The van der Waals surface area contributed by atoms with Crippen LogP contribution in [0.4, 0.5) is 0 Å². The van der Waals surface area contributed by atoms with Crippen molar-refractivity contribution < 1.29 is 22.4 Å². The van der Waals surface area contributed by atoms with Crippen LogP contribution in [0.25, 0.3) is 0 Å². The molecule has 7 nitrogen and oxygen atoms in total. The maximum absolute atomic E-state index is 11.6. The zero-order chi connectivity index (χ0) is 16.4. The molecule has 0 N–H and O–H groups in total. The van der Waals surface area contributed by atoms with Gasteiger partial charge in [0.15, 0.2) is 9.84 Å². The van der Waals surface area contributed by atoms with Crippen molar-refractivity contribution >= 4 is 27.6 Å².